The van der Waals surface area contributed by atoms with Gasteiger partial charge in [0.25, 0.3) is 5.91 Å². The van der Waals surface area contributed by atoms with Crippen molar-refractivity contribution >= 4 is 17.6 Å². The number of benzene rings is 3. The van der Waals surface area contributed by atoms with Crippen LogP contribution in [0.25, 0.3) is 5.69 Å². The Morgan fingerprint density at radius 1 is 0.826 bits per heavy atom. The molecule has 3 aromatic carbocycles. The third-order valence-electron chi connectivity index (χ3n) is 8.02. The largest absolute Gasteiger partial charge is 0.416 e. The number of aromatic nitrogens is 2. The van der Waals surface area contributed by atoms with E-state index in [1.807, 2.05) is 13.0 Å². The molecule has 46 heavy (non-hydrogen) atoms. The van der Waals surface area contributed by atoms with E-state index in [9.17, 15) is 40.3 Å². The number of nitrogens with zero attached hydrogens (tertiary/aromatic N) is 5. The van der Waals surface area contributed by atoms with Gasteiger partial charge in [-0.3, -0.25) is 9.69 Å². The minimum absolute atomic E-state index is 0.00650. The van der Waals surface area contributed by atoms with Gasteiger partial charge in [0.1, 0.15) is 5.82 Å². The summed E-state index contributed by atoms with van der Waals surface area (Å²) in [4.78, 5) is 30.6. The normalized spacial score (nSPS) is 16.9. The van der Waals surface area contributed by atoms with Gasteiger partial charge in [-0.2, -0.15) is 31.4 Å². The molecule has 1 aromatic heterocycles. The highest BCUT2D eigenvalue weighted by Gasteiger charge is 2.42. The number of aryl methyl sites for hydroxylation is 1. The van der Waals surface area contributed by atoms with Crippen LogP contribution in [0.2, 0.25) is 0 Å². The summed E-state index contributed by atoms with van der Waals surface area (Å²) < 4.78 is 96.4. The first kappa shape index (κ1) is 32.5. The zero-order chi connectivity index (χ0) is 33.6. The Labute approximate surface area is 259 Å². The van der Waals surface area contributed by atoms with Gasteiger partial charge in [-0.05, 0) is 73.2 Å². The number of likely N-dealkylation sites (tertiary alicyclic amines) is 1. The van der Waals surface area contributed by atoms with Crippen LogP contribution in [0, 0.1) is 12.7 Å². The van der Waals surface area contributed by atoms with E-state index >= 15 is 0 Å². The third kappa shape index (κ3) is 6.70. The smallest absolute Gasteiger partial charge is 0.336 e. The highest BCUT2D eigenvalue weighted by Crippen LogP contribution is 2.39. The van der Waals surface area contributed by atoms with Crippen LogP contribution in [0.4, 0.5) is 41.2 Å². The average Bonchev–Trinajstić information content (AvgIpc) is 3.66. The molecule has 0 bridgehead atoms. The average molecular weight is 648 g/mol. The van der Waals surface area contributed by atoms with Crippen molar-refractivity contribution in [2.24, 2.45) is 0 Å². The van der Waals surface area contributed by atoms with E-state index in [2.05, 4.69) is 5.10 Å². The summed E-state index contributed by atoms with van der Waals surface area (Å²) in [6.07, 6.45) is -8.42. The van der Waals surface area contributed by atoms with Crippen molar-refractivity contribution in [1.29, 1.82) is 0 Å². The Morgan fingerprint density at radius 3 is 1.93 bits per heavy atom. The molecule has 1 aliphatic heterocycles. The van der Waals surface area contributed by atoms with Gasteiger partial charge in [-0.15, -0.1) is 0 Å². The van der Waals surface area contributed by atoms with Gasteiger partial charge in [0.15, 0.2) is 0 Å². The summed E-state index contributed by atoms with van der Waals surface area (Å²) in [6, 6.07) is 13.2. The van der Waals surface area contributed by atoms with Crippen LogP contribution < -0.4 is 4.90 Å². The van der Waals surface area contributed by atoms with Crippen LogP contribution >= 0.6 is 0 Å². The number of carbonyl (C=O) groups is 2. The molecule has 1 fully saturated rings. The molecule has 4 aromatic rings. The molecular weight excluding hydrogens is 619 g/mol. The number of hydrogen-bond acceptors (Lipinski definition) is 3. The van der Waals surface area contributed by atoms with E-state index in [0.717, 1.165) is 18.4 Å². The molecule has 2 atom stereocenters. The molecule has 3 amide bonds. The molecule has 1 saturated heterocycles. The van der Waals surface area contributed by atoms with Crippen LogP contribution in [0.5, 0.6) is 0 Å². The van der Waals surface area contributed by atoms with Crippen LogP contribution in [-0.2, 0) is 12.4 Å². The van der Waals surface area contributed by atoms with E-state index in [1.165, 1.54) is 41.1 Å². The van der Waals surface area contributed by atoms with Gasteiger partial charge < -0.3 is 9.80 Å². The summed E-state index contributed by atoms with van der Waals surface area (Å²) in [5, 5.41) is 4.34. The lowest BCUT2D eigenvalue weighted by molar-refractivity contribution is -0.143. The molecule has 0 radical (unpaired) electrons. The summed E-state index contributed by atoms with van der Waals surface area (Å²) >= 11 is 0. The van der Waals surface area contributed by atoms with E-state index in [1.54, 1.807) is 35.1 Å². The van der Waals surface area contributed by atoms with Crippen molar-refractivity contribution in [3.8, 4) is 5.69 Å². The molecule has 0 N–H and O–H groups in total. The van der Waals surface area contributed by atoms with Crippen molar-refractivity contribution in [2.45, 2.75) is 31.2 Å². The summed E-state index contributed by atoms with van der Waals surface area (Å²) in [5.74, 6) is -1.42. The van der Waals surface area contributed by atoms with E-state index in [4.69, 9.17) is 0 Å². The zero-order valence-electron chi connectivity index (χ0n) is 24.8. The first-order valence-corrected chi connectivity index (χ1v) is 14.0. The number of carbonyl (C=O) groups excluding carboxylic acids is 2. The number of likely N-dealkylation sites (N-methyl/N-ethyl adjacent to an activating group) is 1. The second-order valence-corrected chi connectivity index (χ2v) is 11.1. The lowest BCUT2D eigenvalue weighted by Crippen LogP contribution is -2.47. The summed E-state index contributed by atoms with van der Waals surface area (Å²) in [6.45, 7) is 1.94. The number of urea groups is 1. The molecule has 7 nitrogen and oxygen atoms in total. The number of anilines is 1. The van der Waals surface area contributed by atoms with Gasteiger partial charge in [0, 0.05) is 50.6 Å². The maximum atomic E-state index is 13.8. The van der Waals surface area contributed by atoms with Gasteiger partial charge in [-0.1, -0.05) is 12.1 Å². The van der Waals surface area contributed by atoms with E-state index in [0.29, 0.717) is 28.2 Å². The van der Waals surface area contributed by atoms with Crippen LogP contribution in [0.15, 0.2) is 79.0 Å². The predicted octanol–water partition coefficient (Wildman–Crippen LogP) is 7.15. The SMILES string of the molecule is Cc1ccn(-c2ccc(C(=O)N3C[C@@H](N(C)C(=O)N(C)c4cc(C(F)(F)F)cc(C(F)(F)F)c4)[C@H](c4ccc(F)cc4)C3)cc2)n1. The maximum Gasteiger partial charge on any atom is 0.416 e. The Morgan fingerprint density at radius 2 is 1.41 bits per heavy atom. The molecule has 0 unspecified atom stereocenters. The Kier molecular flexibility index (Phi) is 8.58. The van der Waals surface area contributed by atoms with Gasteiger partial charge >= 0.3 is 18.4 Å². The van der Waals surface area contributed by atoms with E-state index < -0.39 is 53.0 Å². The summed E-state index contributed by atoms with van der Waals surface area (Å²) in [7, 11) is 2.43. The molecule has 0 saturated carbocycles. The van der Waals surface area contributed by atoms with Crippen molar-refractivity contribution in [1.82, 2.24) is 19.6 Å². The molecule has 1 aliphatic rings. The van der Waals surface area contributed by atoms with Gasteiger partial charge in [-0.25, -0.2) is 13.9 Å². The molecule has 0 spiro atoms. The lowest BCUT2D eigenvalue weighted by Gasteiger charge is -2.33. The highest BCUT2D eigenvalue weighted by atomic mass is 19.4. The van der Waals surface area contributed by atoms with Crippen LogP contribution in [0.3, 0.4) is 0 Å². The van der Waals surface area contributed by atoms with E-state index in [-0.39, 0.29) is 25.1 Å². The first-order chi connectivity index (χ1) is 21.5. The van der Waals surface area contributed by atoms with Crippen molar-refractivity contribution in [3.63, 3.8) is 0 Å². The fraction of sp³-hybridized carbons (Fsp3) is 0.281. The Balaban J connectivity index is 1.43. The fourth-order valence-corrected chi connectivity index (χ4v) is 5.50. The second kappa shape index (κ2) is 12.1. The molecular formula is C32H28F7N5O2. The monoisotopic (exact) mass is 647 g/mol. The van der Waals surface area contributed by atoms with Crippen molar-refractivity contribution < 1.29 is 40.3 Å². The Hall–Kier alpha value is -4.88. The molecule has 5 rings (SSSR count). The number of alkyl halides is 6. The number of amides is 3. The van der Waals surface area contributed by atoms with Crippen LogP contribution in [-0.4, -0.2) is 64.7 Å². The van der Waals surface area contributed by atoms with Crippen LogP contribution in [0.1, 0.15) is 38.7 Å². The third-order valence-corrected chi connectivity index (χ3v) is 8.02. The first-order valence-electron chi connectivity index (χ1n) is 14.0. The molecule has 242 valence electrons. The highest BCUT2D eigenvalue weighted by molar-refractivity contribution is 5.95. The minimum Gasteiger partial charge on any atom is -0.336 e. The molecule has 0 aliphatic carbocycles. The van der Waals surface area contributed by atoms with Gasteiger partial charge in [0.2, 0.25) is 0 Å². The number of rotatable bonds is 5. The van der Waals surface area contributed by atoms with Crippen molar-refractivity contribution in [3.05, 3.63) is 113 Å². The lowest BCUT2D eigenvalue weighted by atomic mass is 9.93. The Bertz CT molecular complexity index is 1700. The predicted molar refractivity (Wildman–Crippen MR) is 155 cm³/mol. The summed E-state index contributed by atoms with van der Waals surface area (Å²) in [5.41, 5.74) is -1.26. The minimum atomic E-state index is -5.10. The standard InChI is InChI=1S/C32H28F7N5O2/c1-19-12-13-44(40-19)25-10-6-21(7-11-25)29(45)43-17-27(20-4-8-24(33)9-5-20)28(18-43)42(3)30(46)41(2)26-15-22(31(34,35)36)14-23(16-26)32(37,38)39/h4-16,27-28H,17-18H2,1-3H3/t27-,28+/m0/s1. The van der Waals surface area contributed by atoms with Crippen molar-refractivity contribution in [2.75, 3.05) is 32.1 Å². The number of hydrogen-bond donors (Lipinski definition) is 0. The fourth-order valence-electron chi connectivity index (χ4n) is 5.50. The topological polar surface area (TPSA) is 61.7 Å². The second-order valence-electron chi connectivity index (χ2n) is 11.1. The maximum absolute atomic E-state index is 13.8. The number of halogens is 7. The zero-order valence-corrected chi connectivity index (χ0v) is 24.8. The van der Waals surface area contributed by atoms with Gasteiger partial charge in [0.05, 0.1) is 28.6 Å². The molecule has 14 heteroatoms. The quantitative estimate of drug-likeness (QED) is 0.216. The molecule has 2 heterocycles.